The zero-order chi connectivity index (χ0) is 16.5. The molecule has 0 aliphatic rings. The summed E-state index contributed by atoms with van der Waals surface area (Å²) in [7, 11) is 0. The average Bonchev–Trinajstić information content (AvgIpc) is 2.58. The zero-order valence-corrected chi connectivity index (χ0v) is 15.1. The molecule has 2 aromatic carbocycles. The molecule has 0 atom stereocenters. The molecule has 0 saturated heterocycles. The van der Waals surface area contributed by atoms with Gasteiger partial charge in [-0.3, -0.25) is 4.79 Å². The molecule has 0 bridgehead atoms. The summed E-state index contributed by atoms with van der Waals surface area (Å²) in [5.74, 6) is 0.902. The number of halogens is 1. The first-order chi connectivity index (χ1) is 11.2. The number of unbranched alkanes of at least 4 members (excludes halogenated alkanes) is 3. The van der Waals surface area contributed by atoms with Crippen molar-refractivity contribution in [2.75, 3.05) is 11.9 Å². The highest BCUT2D eigenvalue weighted by atomic mass is 79.9. The summed E-state index contributed by atoms with van der Waals surface area (Å²) in [6.45, 7) is 2.32. The van der Waals surface area contributed by atoms with Crippen LogP contribution in [0, 0.1) is 0 Å². The van der Waals surface area contributed by atoms with Crippen molar-refractivity contribution in [1.29, 1.82) is 0 Å². The number of hydrogen-bond donors (Lipinski definition) is 0. The van der Waals surface area contributed by atoms with E-state index in [-0.39, 0.29) is 5.78 Å². The molecule has 0 radical (unpaired) electrons. The summed E-state index contributed by atoms with van der Waals surface area (Å²) >= 11 is 3.45. The van der Waals surface area contributed by atoms with Gasteiger partial charge < -0.3 is 4.74 Å². The Kier molecular flexibility index (Phi) is 7.34. The molecule has 0 aliphatic carbocycles. The van der Waals surface area contributed by atoms with Gasteiger partial charge in [0, 0.05) is 10.9 Å². The maximum absolute atomic E-state index is 11.9. The molecule has 122 valence electrons. The van der Waals surface area contributed by atoms with Gasteiger partial charge in [0.05, 0.1) is 6.61 Å². The molecular formula is C20H23BrO2. The van der Waals surface area contributed by atoms with Crippen LogP contribution in [0.5, 0.6) is 5.75 Å². The van der Waals surface area contributed by atoms with Crippen molar-refractivity contribution in [2.45, 2.75) is 32.6 Å². The minimum Gasteiger partial charge on any atom is -0.494 e. The SMILES string of the molecule is CC(=O)c1ccc(OCCCCCCBr)cc1-c1ccccc1. The number of hydrogen-bond acceptors (Lipinski definition) is 2. The molecule has 0 spiro atoms. The summed E-state index contributed by atoms with van der Waals surface area (Å²) in [6, 6.07) is 15.7. The fourth-order valence-electron chi connectivity index (χ4n) is 2.52. The van der Waals surface area contributed by atoms with E-state index in [4.69, 9.17) is 4.74 Å². The van der Waals surface area contributed by atoms with E-state index < -0.39 is 0 Å². The molecule has 3 heteroatoms. The summed E-state index contributed by atoms with van der Waals surface area (Å²) in [4.78, 5) is 11.9. The molecule has 2 rings (SSSR count). The first-order valence-electron chi connectivity index (χ1n) is 8.11. The molecule has 0 unspecified atom stereocenters. The third kappa shape index (κ3) is 5.51. The first kappa shape index (κ1) is 17.7. The van der Waals surface area contributed by atoms with Gasteiger partial charge in [-0.15, -0.1) is 0 Å². The van der Waals surface area contributed by atoms with Crippen molar-refractivity contribution >= 4 is 21.7 Å². The minimum absolute atomic E-state index is 0.0742. The molecule has 0 aliphatic heterocycles. The van der Waals surface area contributed by atoms with Gasteiger partial charge in [-0.05, 0) is 49.1 Å². The number of alkyl halides is 1. The fourth-order valence-corrected chi connectivity index (χ4v) is 2.91. The second-order valence-electron chi connectivity index (χ2n) is 5.58. The van der Waals surface area contributed by atoms with Crippen LogP contribution in [0.4, 0.5) is 0 Å². The van der Waals surface area contributed by atoms with E-state index in [0.29, 0.717) is 0 Å². The number of rotatable bonds is 9. The summed E-state index contributed by atoms with van der Waals surface area (Å²) < 4.78 is 5.86. The Labute approximate surface area is 147 Å². The number of carbonyl (C=O) groups is 1. The van der Waals surface area contributed by atoms with Crippen LogP contribution in [0.2, 0.25) is 0 Å². The lowest BCUT2D eigenvalue weighted by atomic mass is 9.97. The summed E-state index contributed by atoms with van der Waals surface area (Å²) in [5.41, 5.74) is 2.72. The minimum atomic E-state index is 0.0742. The highest BCUT2D eigenvalue weighted by Gasteiger charge is 2.10. The average molecular weight is 375 g/mol. The highest BCUT2D eigenvalue weighted by molar-refractivity contribution is 9.09. The largest absolute Gasteiger partial charge is 0.494 e. The van der Waals surface area contributed by atoms with Gasteiger partial charge in [-0.1, -0.05) is 59.1 Å². The van der Waals surface area contributed by atoms with Crippen LogP contribution < -0.4 is 4.74 Å². The normalized spacial score (nSPS) is 10.5. The topological polar surface area (TPSA) is 26.3 Å². The van der Waals surface area contributed by atoms with Crippen molar-refractivity contribution in [3.8, 4) is 16.9 Å². The molecule has 23 heavy (non-hydrogen) atoms. The van der Waals surface area contributed by atoms with Crippen LogP contribution in [0.1, 0.15) is 43.0 Å². The van der Waals surface area contributed by atoms with E-state index in [1.807, 2.05) is 48.5 Å². The molecule has 0 N–H and O–H groups in total. The van der Waals surface area contributed by atoms with E-state index in [1.54, 1.807) is 6.92 Å². The molecule has 0 amide bonds. The van der Waals surface area contributed by atoms with Gasteiger partial charge in [-0.25, -0.2) is 0 Å². The first-order valence-corrected chi connectivity index (χ1v) is 9.23. The van der Waals surface area contributed by atoms with Gasteiger partial charge in [0.25, 0.3) is 0 Å². The molecule has 0 heterocycles. The van der Waals surface area contributed by atoms with Gasteiger partial charge in [-0.2, -0.15) is 0 Å². The third-order valence-electron chi connectivity index (χ3n) is 3.75. The summed E-state index contributed by atoms with van der Waals surface area (Å²) in [6.07, 6.45) is 4.68. The number of Topliss-reactive ketones (excluding diaryl/α,β-unsaturated/α-hetero) is 1. The fraction of sp³-hybridized carbons (Fsp3) is 0.350. The number of ketones is 1. The van der Waals surface area contributed by atoms with Crippen molar-refractivity contribution in [3.63, 3.8) is 0 Å². The lowest BCUT2D eigenvalue weighted by Gasteiger charge is -2.11. The second kappa shape index (κ2) is 9.51. The third-order valence-corrected chi connectivity index (χ3v) is 4.31. The molecule has 2 nitrogen and oxygen atoms in total. The van der Waals surface area contributed by atoms with Crippen LogP contribution in [0.15, 0.2) is 48.5 Å². The Balaban J connectivity index is 2.06. The summed E-state index contributed by atoms with van der Waals surface area (Å²) in [5, 5.41) is 1.07. The molecule has 0 aromatic heterocycles. The molecule has 0 saturated carbocycles. The van der Waals surface area contributed by atoms with Crippen LogP contribution >= 0.6 is 15.9 Å². The van der Waals surface area contributed by atoms with Crippen molar-refractivity contribution in [2.24, 2.45) is 0 Å². The monoisotopic (exact) mass is 374 g/mol. The predicted molar refractivity (Wildman–Crippen MR) is 99.6 cm³/mol. The molecule has 2 aromatic rings. The Morgan fingerprint density at radius 1 is 1.00 bits per heavy atom. The van der Waals surface area contributed by atoms with Gasteiger partial charge >= 0.3 is 0 Å². The van der Waals surface area contributed by atoms with E-state index in [2.05, 4.69) is 15.9 Å². The van der Waals surface area contributed by atoms with Crippen molar-refractivity contribution in [3.05, 3.63) is 54.1 Å². The lowest BCUT2D eigenvalue weighted by Crippen LogP contribution is -2.00. The van der Waals surface area contributed by atoms with Crippen LogP contribution in [0.3, 0.4) is 0 Å². The zero-order valence-electron chi connectivity index (χ0n) is 13.6. The Morgan fingerprint density at radius 2 is 1.74 bits per heavy atom. The second-order valence-corrected chi connectivity index (χ2v) is 6.37. The quantitative estimate of drug-likeness (QED) is 0.310. The van der Waals surface area contributed by atoms with Crippen molar-refractivity contribution < 1.29 is 9.53 Å². The smallest absolute Gasteiger partial charge is 0.160 e. The van der Waals surface area contributed by atoms with Crippen LogP contribution in [0.25, 0.3) is 11.1 Å². The number of benzene rings is 2. The highest BCUT2D eigenvalue weighted by Crippen LogP contribution is 2.28. The van der Waals surface area contributed by atoms with Gasteiger partial charge in [0.1, 0.15) is 5.75 Å². The maximum Gasteiger partial charge on any atom is 0.160 e. The number of ether oxygens (including phenoxy) is 1. The van der Waals surface area contributed by atoms with Crippen molar-refractivity contribution in [1.82, 2.24) is 0 Å². The maximum atomic E-state index is 11.9. The Morgan fingerprint density at radius 3 is 2.43 bits per heavy atom. The van der Waals surface area contributed by atoms with E-state index in [1.165, 1.54) is 19.3 Å². The Hall–Kier alpha value is -1.61. The van der Waals surface area contributed by atoms with Gasteiger partial charge in [0.2, 0.25) is 0 Å². The standard InChI is InChI=1S/C20H23BrO2/c1-16(22)19-12-11-18(23-14-8-3-2-7-13-21)15-20(19)17-9-5-4-6-10-17/h4-6,9-12,15H,2-3,7-8,13-14H2,1H3. The van der Waals surface area contributed by atoms with Crippen LogP contribution in [-0.4, -0.2) is 17.7 Å². The van der Waals surface area contributed by atoms with E-state index in [0.717, 1.165) is 40.8 Å². The number of carbonyl (C=O) groups excluding carboxylic acids is 1. The molecular weight excluding hydrogens is 352 g/mol. The van der Waals surface area contributed by atoms with E-state index in [9.17, 15) is 4.79 Å². The predicted octanol–water partition coefficient (Wildman–Crippen LogP) is 5.89. The van der Waals surface area contributed by atoms with E-state index >= 15 is 0 Å². The molecule has 0 fully saturated rings. The lowest BCUT2D eigenvalue weighted by molar-refractivity contribution is 0.101. The van der Waals surface area contributed by atoms with Gasteiger partial charge in [0.15, 0.2) is 5.78 Å². The Bertz CT molecular complexity index is 623. The van der Waals surface area contributed by atoms with Crippen LogP contribution in [-0.2, 0) is 0 Å².